The predicted octanol–water partition coefficient (Wildman–Crippen LogP) is 3.44. The van der Waals surface area contributed by atoms with E-state index in [2.05, 4.69) is 40.3 Å². The number of halogens is 1. The van der Waals surface area contributed by atoms with Crippen molar-refractivity contribution in [2.45, 2.75) is 38.8 Å². The van der Waals surface area contributed by atoms with Crippen molar-refractivity contribution < 1.29 is 9.53 Å². The van der Waals surface area contributed by atoms with Gasteiger partial charge in [0.25, 0.3) is 0 Å². The quantitative estimate of drug-likeness (QED) is 0.818. The second kappa shape index (κ2) is 7.54. The molecular formula is C14H20BrNO2. The van der Waals surface area contributed by atoms with Crippen molar-refractivity contribution in [3.05, 3.63) is 34.3 Å². The van der Waals surface area contributed by atoms with Crippen molar-refractivity contribution in [1.82, 2.24) is 5.32 Å². The van der Waals surface area contributed by atoms with Crippen LogP contribution in [-0.2, 0) is 9.53 Å². The lowest BCUT2D eigenvalue weighted by atomic mass is 10.0. The predicted molar refractivity (Wildman–Crippen MR) is 76.4 cm³/mol. The van der Waals surface area contributed by atoms with Crippen LogP contribution in [0.4, 0.5) is 0 Å². The summed E-state index contributed by atoms with van der Waals surface area (Å²) in [6.07, 6.45) is 1.65. The molecule has 0 aliphatic carbocycles. The van der Waals surface area contributed by atoms with Gasteiger partial charge in [-0.3, -0.25) is 10.1 Å². The Balaban J connectivity index is 2.77. The molecule has 1 aromatic rings. The second-order valence-corrected chi connectivity index (χ2v) is 5.08. The van der Waals surface area contributed by atoms with Gasteiger partial charge in [0, 0.05) is 10.5 Å². The molecule has 1 rings (SSSR count). The fourth-order valence-corrected chi connectivity index (χ4v) is 2.15. The number of nitrogens with one attached hydrogen (secondary N) is 1. The van der Waals surface area contributed by atoms with Gasteiger partial charge >= 0.3 is 5.97 Å². The molecule has 0 amide bonds. The molecule has 18 heavy (non-hydrogen) atoms. The van der Waals surface area contributed by atoms with E-state index in [0.717, 1.165) is 17.3 Å². The fraction of sp³-hybridized carbons (Fsp3) is 0.500. The van der Waals surface area contributed by atoms with Crippen LogP contribution in [-0.4, -0.2) is 19.1 Å². The number of esters is 1. The van der Waals surface area contributed by atoms with E-state index in [9.17, 15) is 4.79 Å². The molecule has 0 aromatic heterocycles. The van der Waals surface area contributed by atoms with Gasteiger partial charge in [-0.25, -0.2) is 0 Å². The lowest BCUT2D eigenvalue weighted by Gasteiger charge is -2.23. The number of ether oxygens (including phenoxy) is 1. The van der Waals surface area contributed by atoms with Crippen molar-refractivity contribution in [3.63, 3.8) is 0 Å². The first-order valence-corrected chi connectivity index (χ1v) is 7.01. The first-order chi connectivity index (χ1) is 8.62. The van der Waals surface area contributed by atoms with Crippen LogP contribution in [0.1, 0.15) is 38.3 Å². The van der Waals surface area contributed by atoms with E-state index >= 15 is 0 Å². The Bertz CT molecular complexity index is 378. The van der Waals surface area contributed by atoms with Gasteiger partial charge in [-0.15, -0.1) is 0 Å². The normalized spacial score (nSPS) is 14.0. The standard InChI is InChI=1S/C14H20BrNO2/c1-4-12(10-6-8-11(15)9-7-10)16-13(5-2)14(17)18-3/h6-9,12-13,16H,4-5H2,1-3H3. The third-order valence-electron chi connectivity index (χ3n) is 2.98. The van der Waals surface area contributed by atoms with Crippen molar-refractivity contribution in [2.24, 2.45) is 0 Å². The van der Waals surface area contributed by atoms with Gasteiger partial charge in [0.1, 0.15) is 6.04 Å². The summed E-state index contributed by atoms with van der Waals surface area (Å²) >= 11 is 3.42. The van der Waals surface area contributed by atoms with Gasteiger partial charge in [-0.1, -0.05) is 41.9 Å². The van der Waals surface area contributed by atoms with E-state index in [1.807, 2.05) is 19.1 Å². The summed E-state index contributed by atoms with van der Waals surface area (Å²) in [6, 6.07) is 8.08. The first-order valence-electron chi connectivity index (χ1n) is 6.21. The Morgan fingerprint density at radius 1 is 1.28 bits per heavy atom. The van der Waals surface area contributed by atoms with Gasteiger partial charge in [0.05, 0.1) is 7.11 Å². The molecule has 3 nitrogen and oxygen atoms in total. The average molecular weight is 314 g/mol. The van der Waals surface area contributed by atoms with Crippen molar-refractivity contribution in [3.8, 4) is 0 Å². The molecule has 2 unspecified atom stereocenters. The molecule has 100 valence electrons. The minimum atomic E-state index is -0.247. The fourth-order valence-electron chi connectivity index (χ4n) is 1.88. The number of rotatable bonds is 6. The Morgan fingerprint density at radius 3 is 2.33 bits per heavy atom. The smallest absolute Gasteiger partial charge is 0.322 e. The van der Waals surface area contributed by atoms with Crippen LogP contribution in [0, 0.1) is 0 Å². The van der Waals surface area contributed by atoms with Gasteiger partial charge in [0.15, 0.2) is 0 Å². The molecule has 1 aromatic carbocycles. The maximum Gasteiger partial charge on any atom is 0.322 e. The van der Waals surface area contributed by atoms with E-state index in [1.165, 1.54) is 12.7 Å². The summed E-state index contributed by atoms with van der Waals surface area (Å²) in [6.45, 7) is 4.08. The molecule has 2 atom stereocenters. The number of hydrogen-bond acceptors (Lipinski definition) is 3. The number of benzene rings is 1. The van der Waals surface area contributed by atoms with Crippen LogP contribution >= 0.6 is 15.9 Å². The third kappa shape index (κ3) is 4.10. The summed E-state index contributed by atoms with van der Waals surface area (Å²) in [7, 11) is 1.42. The van der Waals surface area contributed by atoms with E-state index in [1.54, 1.807) is 0 Å². The van der Waals surface area contributed by atoms with Gasteiger partial charge in [-0.05, 0) is 30.5 Å². The Kier molecular flexibility index (Phi) is 6.36. The topological polar surface area (TPSA) is 38.3 Å². The van der Waals surface area contributed by atoms with E-state index < -0.39 is 0 Å². The van der Waals surface area contributed by atoms with Crippen LogP contribution in [0.25, 0.3) is 0 Å². The monoisotopic (exact) mass is 313 g/mol. The van der Waals surface area contributed by atoms with Crippen LogP contribution < -0.4 is 5.32 Å². The summed E-state index contributed by atoms with van der Waals surface area (Å²) in [5.74, 6) is -0.201. The maximum absolute atomic E-state index is 11.6. The maximum atomic E-state index is 11.6. The highest BCUT2D eigenvalue weighted by atomic mass is 79.9. The van der Waals surface area contributed by atoms with Crippen LogP contribution in [0.3, 0.4) is 0 Å². The summed E-state index contributed by atoms with van der Waals surface area (Å²) < 4.78 is 5.85. The van der Waals surface area contributed by atoms with Gasteiger partial charge < -0.3 is 4.74 Å². The molecule has 4 heteroatoms. The molecule has 0 bridgehead atoms. The minimum absolute atomic E-state index is 0.169. The van der Waals surface area contributed by atoms with Crippen molar-refractivity contribution >= 4 is 21.9 Å². The second-order valence-electron chi connectivity index (χ2n) is 4.16. The Morgan fingerprint density at radius 2 is 1.89 bits per heavy atom. The zero-order chi connectivity index (χ0) is 13.5. The SMILES string of the molecule is CCC(NC(CC)c1ccc(Br)cc1)C(=O)OC. The highest BCUT2D eigenvalue weighted by molar-refractivity contribution is 9.10. The highest BCUT2D eigenvalue weighted by Crippen LogP contribution is 2.20. The Hall–Kier alpha value is -0.870. The van der Waals surface area contributed by atoms with Crippen LogP contribution in [0.2, 0.25) is 0 Å². The number of methoxy groups -OCH3 is 1. The van der Waals surface area contributed by atoms with Crippen molar-refractivity contribution in [1.29, 1.82) is 0 Å². The van der Waals surface area contributed by atoms with Crippen molar-refractivity contribution in [2.75, 3.05) is 7.11 Å². The molecule has 0 aliphatic heterocycles. The summed E-state index contributed by atoms with van der Waals surface area (Å²) in [5, 5.41) is 3.35. The van der Waals surface area contributed by atoms with E-state index in [0.29, 0.717) is 0 Å². The molecule has 0 saturated heterocycles. The molecule has 1 N–H and O–H groups in total. The van der Waals surface area contributed by atoms with Gasteiger partial charge in [0.2, 0.25) is 0 Å². The lowest BCUT2D eigenvalue weighted by molar-refractivity contribution is -0.143. The van der Waals surface area contributed by atoms with Gasteiger partial charge in [-0.2, -0.15) is 0 Å². The molecule has 0 radical (unpaired) electrons. The van der Waals surface area contributed by atoms with Crippen LogP contribution in [0.15, 0.2) is 28.7 Å². The number of carbonyl (C=O) groups is 1. The van der Waals surface area contributed by atoms with E-state index in [4.69, 9.17) is 4.74 Å². The largest absolute Gasteiger partial charge is 0.468 e. The molecule has 0 fully saturated rings. The molecule has 0 saturated carbocycles. The highest BCUT2D eigenvalue weighted by Gasteiger charge is 2.20. The van der Waals surface area contributed by atoms with E-state index in [-0.39, 0.29) is 18.1 Å². The van der Waals surface area contributed by atoms with Crippen LogP contribution in [0.5, 0.6) is 0 Å². The Labute approximate surface area is 117 Å². The average Bonchev–Trinajstić information content (AvgIpc) is 2.41. The number of hydrogen-bond donors (Lipinski definition) is 1. The zero-order valence-corrected chi connectivity index (χ0v) is 12.7. The molecule has 0 heterocycles. The number of carbonyl (C=O) groups excluding carboxylic acids is 1. The minimum Gasteiger partial charge on any atom is -0.468 e. The summed E-state index contributed by atoms with van der Waals surface area (Å²) in [5.41, 5.74) is 1.18. The molecule has 0 aliphatic rings. The molecular weight excluding hydrogens is 294 g/mol. The summed E-state index contributed by atoms with van der Waals surface area (Å²) in [4.78, 5) is 11.6. The lowest BCUT2D eigenvalue weighted by Crippen LogP contribution is -2.39. The third-order valence-corrected chi connectivity index (χ3v) is 3.51. The molecule has 0 spiro atoms. The zero-order valence-electron chi connectivity index (χ0n) is 11.1. The first kappa shape index (κ1) is 15.2.